The van der Waals surface area contributed by atoms with Crippen LogP contribution in [0, 0.1) is 0 Å². The van der Waals surface area contributed by atoms with E-state index >= 15 is 0 Å². The van der Waals surface area contributed by atoms with Gasteiger partial charge in [0.2, 0.25) is 0 Å². The average molecular weight is 370 g/mol. The summed E-state index contributed by atoms with van der Waals surface area (Å²) in [6, 6.07) is 11.0. The van der Waals surface area contributed by atoms with E-state index in [9.17, 15) is 9.59 Å². The Labute approximate surface area is 159 Å². The highest BCUT2D eigenvalue weighted by Crippen LogP contribution is 2.16. The number of anilines is 1. The smallest absolute Gasteiger partial charge is 0.291 e. The van der Waals surface area contributed by atoms with Crippen LogP contribution in [0.5, 0.6) is 0 Å². The number of hydrogen-bond donors (Lipinski definition) is 3. The summed E-state index contributed by atoms with van der Waals surface area (Å²) in [5, 5.41) is 5.72. The summed E-state index contributed by atoms with van der Waals surface area (Å²) in [6.45, 7) is 5.26. The molecule has 6 heteroatoms. The zero-order valence-electron chi connectivity index (χ0n) is 15.8. The number of benzene rings is 1. The van der Waals surface area contributed by atoms with E-state index in [1.165, 1.54) is 32.1 Å². The van der Waals surface area contributed by atoms with Gasteiger partial charge in [0, 0.05) is 13.0 Å². The third-order valence-electron chi connectivity index (χ3n) is 5.21. The van der Waals surface area contributed by atoms with Crippen LogP contribution in [0.4, 0.5) is 5.69 Å². The Balaban J connectivity index is 1.51. The van der Waals surface area contributed by atoms with Crippen molar-refractivity contribution < 1.29 is 18.9 Å². The first kappa shape index (κ1) is 19.2. The number of piperidine rings is 1. The Hall–Kier alpha value is -2.60. The standard InChI is InChI=1S/C21H27N3O3/c1-16-8-4-5-13-24(16)14-7-12-22-20(25)17-9-2-3-10-18(17)23-21(26)19-11-6-15-27-19/h2-3,6,9-11,15-16H,4-5,7-8,12-14H2,1H3,(H,22,25)(H,23,26)/p+1/t16-/m0/s1. The van der Waals surface area contributed by atoms with Gasteiger partial charge in [-0.25, -0.2) is 0 Å². The summed E-state index contributed by atoms with van der Waals surface area (Å²) in [5.74, 6) is -0.334. The van der Waals surface area contributed by atoms with Gasteiger partial charge in [0.25, 0.3) is 11.8 Å². The van der Waals surface area contributed by atoms with Crippen molar-refractivity contribution in [3.8, 4) is 0 Å². The van der Waals surface area contributed by atoms with E-state index in [0.29, 0.717) is 23.8 Å². The molecule has 144 valence electrons. The molecule has 1 aliphatic rings. The van der Waals surface area contributed by atoms with Gasteiger partial charge in [-0.05, 0) is 50.5 Å². The van der Waals surface area contributed by atoms with Gasteiger partial charge in [-0.15, -0.1) is 0 Å². The first-order valence-electron chi connectivity index (χ1n) is 9.72. The Morgan fingerprint density at radius 2 is 2.00 bits per heavy atom. The molecule has 0 bridgehead atoms. The molecular formula is C21H28N3O3+. The Morgan fingerprint density at radius 3 is 2.78 bits per heavy atom. The minimum absolute atomic E-state index is 0.174. The topological polar surface area (TPSA) is 75.8 Å². The second-order valence-corrected chi connectivity index (χ2v) is 7.14. The minimum Gasteiger partial charge on any atom is -0.459 e. The lowest BCUT2D eigenvalue weighted by Crippen LogP contribution is -3.16. The van der Waals surface area contributed by atoms with Crippen molar-refractivity contribution in [1.29, 1.82) is 0 Å². The van der Waals surface area contributed by atoms with E-state index in [1.807, 2.05) is 0 Å². The molecule has 2 aromatic rings. The molecule has 1 saturated heterocycles. The van der Waals surface area contributed by atoms with Gasteiger partial charge < -0.3 is 20.0 Å². The monoisotopic (exact) mass is 370 g/mol. The lowest BCUT2D eigenvalue weighted by molar-refractivity contribution is -0.928. The van der Waals surface area contributed by atoms with E-state index in [2.05, 4.69) is 17.6 Å². The molecule has 2 heterocycles. The van der Waals surface area contributed by atoms with Gasteiger partial charge in [0.1, 0.15) is 0 Å². The number of furan rings is 1. The third kappa shape index (κ3) is 5.20. The minimum atomic E-state index is -0.372. The summed E-state index contributed by atoms with van der Waals surface area (Å²) in [4.78, 5) is 26.4. The van der Waals surface area contributed by atoms with Crippen LogP contribution in [0.15, 0.2) is 47.1 Å². The van der Waals surface area contributed by atoms with Gasteiger partial charge in [-0.3, -0.25) is 9.59 Å². The number of carbonyl (C=O) groups excluding carboxylic acids is 2. The first-order chi connectivity index (χ1) is 13.1. The quantitative estimate of drug-likeness (QED) is 0.654. The second kappa shape index (κ2) is 9.37. The van der Waals surface area contributed by atoms with Crippen LogP contribution in [0.2, 0.25) is 0 Å². The number of nitrogens with one attached hydrogen (secondary N) is 3. The van der Waals surface area contributed by atoms with Gasteiger partial charge in [0.05, 0.1) is 36.6 Å². The Morgan fingerprint density at radius 1 is 1.15 bits per heavy atom. The molecule has 1 fully saturated rings. The fraction of sp³-hybridized carbons (Fsp3) is 0.429. The molecule has 0 saturated carbocycles. The molecule has 2 atom stereocenters. The molecule has 27 heavy (non-hydrogen) atoms. The normalized spacial score (nSPS) is 19.4. The van der Waals surface area contributed by atoms with Gasteiger partial charge >= 0.3 is 0 Å². The Kier molecular flexibility index (Phi) is 6.65. The molecule has 3 N–H and O–H groups in total. The number of likely N-dealkylation sites (tertiary alicyclic amines) is 1. The van der Waals surface area contributed by atoms with E-state index in [1.54, 1.807) is 41.3 Å². The molecule has 1 aliphatic heterocycles. The molecule has 1 unspecified atom stereocenters. The lowest BCUT2D eigenvalue weighted by Gasteiger charge is -2.30. The molecule has 0 aliphatic carbocycles. The van der Waals surface area contributed by atoms with E-state index < -0.39 is 0 Å². The molecule has 2 amide bonds. The lowest BCUT2D eigenvalue weighted by atomic mass is 10.0. The van der Waals surface area contributed by atoms with Crippen LogP contribution in [0.3, 0.4) is 0 Å². The highest BCUT2D eigenvalue weighted by atomic mass is 16.3. The van der Waals surface area contributed by atoms with E-state index in [0.717, 1.165) is 13.0 Å². The molecule has 1 aromatic carbocycles. The summed E-state index contributed by atoms with van der Waals surface area (Å²) in [6.07, 6.45) is 6.33. The van der Waals surface area contributed by atoms with E-state index in [4.69, 9.17) is 4.42 Å². The zero-order valence-corrected chi connectivity index (χ0v) is 15.8. The molecule has 3 rings (SSSR count). The summed E-state index contributed by atoms with van der Waals surface area (Å²) < 4.78 is 5.10. The van der Waals surface area contributed by atoms with Crippen molar-refractivity contribution in [3.63, 3.8) is 0 Å². The SMILES string of the molecule is C[C@H]1CCCC[NH+]1CCCNC(=O)c1ccccc1NC(=O)c1ccco1. The van der Waals surface area contributed by atoms with Crippen LogP contribution < -0.4 is 15.5 Å². The molecule has 6 nitrogen and oxygen atoms in total. The molecule has 1 aromatic heterocycles. The average Bonchev–Trinajstić information content (AvgIpc) is 3.22. The maximum Gasteiger partial charge on any atom is 0.291 e. The van der Waals surface area contributed by atoms with Crippen LogP contribution in [0.25, 0.3) is 0 Å². The number of carbonyl (C=O) groups is 2. The largest absolute Gasteiger partial charge is 0.459 e. The highest BCUT2D eigenvalue weighted by molar-refractivity contribution is 6.07. The summed E-state index contributed by atoms with van der Waals surface area (Å²) >= 11 is 0. The van der Waals surface area contributed by atoms with Crippen LogP contribution in [0.1, 0.15) is 53.5 Å². The van der Waals surface area contributed by atoms with E-state index in [-0.39, 0.29) is 17.6 Å². The summed E-state index contributed by atoms with van der Waals surface area (Å²) in [7, 11) is 0. The molecular weight excluding hydrogens is 342 g/mol. The number of amides is 2. The maximum atomic E-state index is 12.6. The van der Waals surface area contributed by atoms with Crippen molar-refractivity contribution in [2.24, 2.45) is 0 Å². The van der Waals surface area contributed by atoms with Crippen LogP contribution in [-0.4, -0.2) is 37.5 Å². The number of quaternary nitrogens is 1. The summed E-state index contributed by atoms with van der Waals surface area (Å²) in [5.41, 5.74) is 0.933. The number of para-hydroxylation sites is 1. The van der Waals surface area contributed by atoms with Crippen molar-refractivity contribution in [2.45, 2.75) is 38.6 Å². The fourth-order valence-electron chi connectivity index (χ4n) is 3.62. The predicted molar refractivity (Wildman–Crippen MR) is 104 cm³/mol. The van der Waals surface area contributed by atoms with Gasteiger partial charge in [-0.2, -0.15) is 0 Å². The van der Waals surface area contributed by atoms with Gasteiger partial charge in [0.15, 0.2) is 5.76 Å². The van der Waals surface area contributed by atoms with Crippen LogP contribution >= 0.6 is 0 Å². The first-order valence-corrected chi connectivity index (χ1v) is 9.72. The van der Waals surface area contributed by atoms with Gasteiger partial charge in [-0.1, -0.05) is 12.1 Å². The zero-order chi connectivity index (χ0) is 19.1. The molecule has 0 radical (unpaired) electrons. The number of hydrogen-bond acceptors (Lipinski definition) is 3. The molecule has 0 spiro atoms. The second-order valence-electron chi connectivity index (χ2n) is 7.14. The van der Waals surface area contributed by atoms with Crippen molar-refractivity contribution >= 4 is 17.5 Å². The van der Waals surface area contributed by atoms with Crippen molar-refractivity contribution in [3.05, 3.63) is 54.0 Å². The number of rotatable bonds is 7. The predicted octanol–water partition coefficient (Wildman–Crippen LogP) is 2.11. The Bertz CT molecular complexity index is 758. The highest BCUT2D eigenvalue weighted by Gasteiger charge is 2.21. The van der Waals surface area contributed by atoms with Crippen molar-refractivity contribution in [1.82, 2.24) is 5.32 Å². The fourth-order valence-corrected chi connectivity index (χ4v) is 3.62. The maximum absolute atomic E-state index is 12.6. The van der Waals surface area contributed by atoms with Crippen LogP contribution in [-0.2, 0) is 0 Å². The third-order valence-corrected chi connectivity index (χ3v) is 5.21. The van der Waals surface area contributed by atoms with Crippen molar-refractivity contribution in [2.75, 3.05) is 25.0 Å².